The molecule has 1 atom stereocenters. The quantitative estimate of drug-likeness (QED) is 0.278. The van der Waals surface area contributed by atoms with Crippen LogP contribution in [-0.2, 0) is 21.1 Å². The van der Waals surface area contributed by atoms with Gasteiger partial charge in [0, 0.05) is 0 Å². The van der Waals surface area contributed by atoms with Crippen LogP contribution in [0.2, 0.25) is 0 Å². The van der Waals surface area contributed by atoms with Crippen LogP contribution in [0.25, 0.3) is 0 Å². The Labute approximate surface area is 123 Å². The molecule has 0 aromatic rings. The fourth-order valence-electron chi connectivity index (χ4n) is 0.780. The molecule has 0 nitrogen and oxygen atoms in total. The second kappa shape index (κ2) is 36.1. The maximum atomic E-state index is 3.78. The van der Waals surface area contributed by atoms with Crippen molar-refractivity contribution in [2.75, 3.05) is 0 Å². The van der Waals surface area contributed by atoms with Gasteiger partial charge < -0.3 is 13.8 Å². The first-order valence-electron chi connectivity index (χ1n) is 5.41. The Morgan fingerprint density at radius 3 is 1.40 bits per heavy atom. The summed E-state index contributed by atoms with van der Waals surface area (Å²) in [6.45, 7) is 11.7. The monoisotopic (exact) mass is 336 g/mol. The third-order valence-corrected chi connectivity index (χ3v) is 1.71. The van der Waals surface area contributed by atoms with Crippen LogP contribution in [-0.4, -0.2) is 0 Å². The minimum atomic E-state index is 0. The van der Waals surface area contributed by atoms with Crippen LogP contribution in [0, 0.1) is 13.8 Å². The second-order valence-corrected chi connectivity index (χ2v) is 3.12. The van der Waals surface area contributed by atoms with E-state index in [1.165, 1.54) is 38.5 Å². The van der Waals surface area contributed by atoms with E-state index in [1.54, 1.807) is 0 Å². The third-order valence-electron chi connectivity index (χ3n) is 1.71. The Morgan fingerprint density at radius 2 is 1.13 bits per heavy atom. The van der Waals surface area contributed by atoms with E-state index >= 15 is 0 Å². The Morgan fingerprint density at radius 1 is 0.733 bits per heavy atom. The standard InChI is InChI=1S/C8H17.C4H9.Mo.H3P.H2S/c1-3-5-7-8-6-4-2;1-3-4-2;;;/h1,3-8H2,2H3;1,3-4H2,2H3;;1H3;1H2/q2*-1;+2;;. The molecule has 0 bridgehead atoms. The minimum absolute atomic E-state index is 0. The molecule has 1 unspecified atom stereocenters. The first kappa shape index (κ1) is 30.0. The summed E-state index contributed by atoms with van der Waals surface area (Å²) in [4.78, 5) is 0. The fraction of sp³-hybridized carbons (Fsp3) is 0.833. The fourth-order valence-corrected chi connectivity index (χ4v) is 0.780. The molecular weight excluding hydrogens is 303 g/mol. The summed E-state index contributed by atoms with van der Waals surface area (Å²) >= 11 is 0. The molecule has 0 aliphatic heterocycles. The van der Waals surface area contributed by atoms with Crippen LogP contribution in [0.5, 0.6) is 0 Å². The molecule has 0 saturated heterocycles. The maximum Gasteiger partial charge on any atom is 2.00 e. The van der Waals surface area contributed by atoms with E-state index in [0.29, 0.717) is 0 Å². The summed E-state index contributed by atoms with van der Waals surface area (Å²) in [6.07, 6.45) is 10.3. The first-order valence-corrected chi connectivity index (χ1v) is 5.41. The molecule has 0 rings (SSSR count). The Kier molecular flexibility index (Phi) is 72.1. The van der Waals surface area contributed by atoms with Crippen molar-refractivity contribution in [3.8, 4) is 0 Å². The molecule has 15 heavy (non-hydrogen) atoms. The van der Waals surface area contributed by atoms with Crippen LogP contribution in [0.3, 0.4) is 0 Å². The molecule has 0 radical (unpaired) electrons. The van der Waals surface area contributed by atoms with Crippen molar-refractivity contribution in [2.24, 2.45) is 0 Å². The molecule has 0 saturated carbocycles. The summed E-state index contributed by atoms with van der Waals surface area (Å²) < 4.78 is 0. The van der Waals surface area contributed by atoms with E-state index in [-0.39, 0.29) is 44.5 Å². The van der Waals surface area contributed by atoms with Crippen LogP contribution in [0.4, 0.5) is 0 Å². The van der Waals surface area contributed by atoms with Gasteiger partial charge in [0.05, 0.1) is 0 Å². The molecule has 3 heteroatoms. The van der Waals surface area contributed by atoms with Crippen molar-refractivity contribution >= 4 is 23.4 Å². The van der Waals surface area contributed by atoms with Crippen molar-refractivity contribution in [2.45, 2.75) is 65.2 Å². The largest absolute Gasteiger partial charge is 2.00 e. The van der Waals surface area contributed by atoms with Gasteiger partial charge in [-0.3, -0.25) is 0 Å². The molecular formula is C12H31MoPS. The van der Waals surface area contributed by atoms with E-state index in [9.17, 15) is 0 Å². The van der Waals surface area contributed by atoms with Gasteiger partial charge in [-0.1, -0.05) is 52.4 Å². The van der Waals surface area contributed by atoms with E-state index in [4.69, 9.17) is 0 Å². The molecule has 0 fully saturated rings. The van der Waals surface area contributed by atoms with Crippen LogP contribution < -0.4 is 0 Å². The normalized spacial score (nSPS) is 7.20. The first-order chi connectivity index (χ1) is 5.83. The van der Waals surface area contributed by atoms with Gasteiger partial charge in [-0.15, -0.1) is 0 Å². The van der Waals surface area contributed by atoms with Gasteiger partial charge in [0.25, 0.3) is 0 Å². The summed E-state index contributed by atoms with van der Waals surface area (Å²) in [5, 5.41) is 0. The summed E-state index contributed by atoms with van der Waals surface area (Å²) in [5.41, 5.74) is 0. The zero-order valence-electron chi connectivity index (χ0n) is 10.7. The Bertz CT molecular complexity index is 55.6. The van der Waals surface area contributed by atoms with Gasteiger partial charge in [-0.25, -0.2) is 0 Å². The van der Waals surface area contributed by atoms with Gasteiger partial charge in [0.2, 0.25) is 0 Å². The van der Waals surface area contributed by atoms with Gasteiger partial charge in [-0.2, -0.15) is 36.2 Å². The van der Waals surface area contributed by atoms with Crippen molar-refractivity contribution in [1.29, 1.82) is 0 Å². The van der Waals surface area contributed by atoms with Gasteiger partial charge in [0.15, 0.2) is 0 Å². The van der Waals surface area contributed by atoms with Crippen molar-refractivity contribution in [1.82, 2.24) is 0 Å². The zero-order chi connectivity index (χ0) is 9.66. The third kappa shape index (κ3) is 50.3. The zero-order valence-corrected chi connectivity index (χ0v) is 15.1. The summed E-state index contributed by atoms with van der Waals surface area (Å²) in [5.74, 6) is 0. The number of hydrogen-bond donors (Lipinski definition) is 0. The molecule has 0 amide bonds. The molecule has 0 aromatic heterocycles. The Hall–Kier alpha value is 1.47. The summed E-state index contributed by atoms with van der Waals surface area (Å²) in [7, 11) is 0. The van der Waals surface area contributed by atoms with Crippen LogP contribution in [0.1, 0.15) is 65.2 Å². The molecule has 0 N–H and O–H groups in total. The number of hydrogen-bond acceptors (Lipinski definition) is 0. The van der Waals surface area contributed by atoms with Crippen molar-refractivity contribution < 1.29 is 21.1 Å². The average molecular weight is 334 g/mol. The summed E-state index contributed by atoms with van der Waals surface area (Å²) in [6, 6.07) is 0. The van der Waals surface area contributed by atoms with Gasteiger partial charge >= 0.3 is 21.1 Å². The predicted molar refractivity (Wildman–Crippen MR) is 80.5 cm³/mol. The van der Waals surface area contributed by atoms with Crippen molar-refractivity contribution in [3.63, 3.8) is 0 Å². The SMILES string of the molecule is P.S.[CH2-]CCC.[CH2-]CCCCCCC.[Mo+2]. The van der Waals surface area contributed by atoms with E-state index in [2.05, 4.69) is 27.7 Å². The smallest absolute Gasteiger partial charge is 0.343 e. The maximum absolute atomic E-state index is 3.78. The minimum Gasteiger partial charge on any atom is -0.343 e. The van der Waals surface area contributed by atoms with Crippen LogP contribution in [0.15, 0.2) is 0 Å². The van der Waals surface area contributed by atoms with Gasteiger partial charge in [0.1, 0.15) is 0 Å². The molecule has 0 aliphatic carbocycles. The predicted octanol–water partition coefficient (Wildman–Crippen LogP) is 4.97. The topological polar surface area (TPSA) is 0 Å². The van der Waals surface area contributed by atoms with E-state index in [1.807, 2.05) is 0 Å². The van der Waals surface area contributed by atoms with E-state index in [0.717, 1.165) is 12.8 Å². The number of rotatable bonds is 6. The molecule has 96 valence electrons. The molecule has 0 spiro atoms. The number of unbranched alkanes of at least 4 members (excludes halogenated alkanes) is 6. The van der Waals surface area contributed by atoms with Crippen molar-refractivity contribution in [3.05, 3.63) is 13.8 Å². The second-order valence-electron chi connectivity index (χ2n) is 3.12. The molecule has 0 heterocycles. The van der Waals surface area contributed by atoms with E-state index < -0.39 is 0 Å². The Balaban J connectivity index is -0.0000000424. The average Bonchev–Trinajstić information content (AvgIpc) is 2.13. The molecule has 0 aliphatic rings. The van der Waals surface area contributed by atoms with Crippen LogP contribution >= 0.6 is 23.4 Å². The van der Waals surface area contributed by atoms with Gasteiger partial charge in [-0.05, 0) is 0 Å². The molecule has 0 aromatic carbocycles.